The van der Waals surface area contributed by atoms with Gasteiger partial charge in [0, 0.05) is 19.4 Å². The summed E-state index contributed by atoms with van der Waals surface area (Å²) in [5, 5.41) is 29.1. The molecule has 1 fully saturated rings. The first-order valence-electron chi connectivity index (χ1n) is 17.0. The van der Waals surface area contributed by atoms with E-state index in [1.807, 2.05) is 5.32 Å². The van der Waals surface area contributed by atoms with Crippen LogP contribution in [0.4, 0.5) is 0 Å². The molecule has 1 aliphatic rings. The van der Waals surface area contributed by atoms with E-state index in [0.29, 0.717) is 6.42 Å². The number of carboxylic acids is 2. The zero-order chi connectivity index (χ0) is 41.3. The largest absolute Gasteiger partial charge is 0.481 e. The van der Waals surface area contributed by atoms with E-state index in [4.69, 9.17) is 33.1 Å². The maximum absolute atomic E-state index is 13.9. The van der Waals surface area contributed by atoms with Crippen LogP contribution < -0.4 is 49.5 Å². The molecule has 0 aromatic rings. The second-order valence-electron chi connectivity index (χ2n) is 13.1. The van der Waals surface area contributed by atoms with Gasteiger partial charge in [-0.1, -0.05) is 13.8 Å². The summed E-state index contributed by atoms with van der Waals surface area (Å²) in [4.78, 5) is 137. The van der Waals surface area contributed by atoms with Gasteiger partial charge in [-0.15, -0.1) is 0 Å². The lowest BCUT2D eigenvalue weighted by molar-refractivity contribution is -0.143. The number of rotatable bonds is 24. The minimum absolute atomic E-state index is 0.0274. The standard InChI is InChI=1S/C31H50N10O13/c1-14(2)10-19(40-29(52)18(12-23(35)44)38-26(49)15(32)5-8-24(45)46)31(54)41-9-3-4-20(41)30(53)37-16(6-7-21(33)42)28(51)39-17(11-22(34)43)27(50)36-13-25(47)48/h14-20H,3-13,32H2,1-2H3,(H2,33,42)(H2,34,43)(H2,35,44)(H,36,50)(H,37,53)(H,38,49)(H,39,51)(H,40,52)(H,45,46)(H,47,48). The highest BCUT2D eigenvalue weighted by Gasteiger charge is 2.40. The van der Waals surface area contributed by atoms with Gasteiger partial charge < -0.3 is 64.6 Å². The van der Waals surface area contributed by atoms with Crippen molar-refractivity contribution < 1.29 is 63.0 Å². The topological polar surface area (TPSA) is 396 Å². The number of hydrogen-bond acceptors (Lipinski definition) is 12. The van der Waals surface area contributed by atoms with E-state index in [0.717, 1.165) is 4.90 Å². The Morgan fingerprint density at radius 2 is 1.20 bits per heavy atom. The van der Waals surface area contributed by atoms with Crippen molar-refractivity contribution >= 4 is 65.1 Å². The molecule has 54 heavy (non-hydrogen) atoms. The minimum Gasteiger partial charge on any atom is -0.481 e. The van der Waals surface area contributed by atoms with Gasteiger partial charge in [0.15, 0.2) is 0 Å². The first-order chi connectivity index (χ1) is 25.1. The van der Waals surface area contributed by atoms with Gasteiger partial charge in [0.25, 0.3) is 0 Å². The summed E-state index contributed by atoms with van der Waals surface area (Å²) in [5.74, 6) is -11.4. The first-order valence-corrected chi connectivity index (χ1v) is 17.0. The Hall–Kier alpha value is -5.87. The summed E-state index contributed by atoms with van der Waals surface area (Å²) < 4.78 is 0. The maximum Gasteiger partial charge on any atom is 0.322 e. The molecular weight excluding hydrogens is 720 g/mol. The molecule has 1 saturated heterocycles. The highest BCUT2D eigenvalue weighted by molar-refractivity contribution is 5.98. The van der Waals surface area contributed by atoms with Crippen molar-refractivity contribution in [1.29, 1.82) is 0 Å². The predicted octanol–water partition coefficient (Wildman–Crippen LogP) is -5.63. The van der Waals surface area contributed by atoms with Gasteiger partial charge in [-0.05, 0) is 38.0 Å². The van der Waals surface area contributed by atoms with Crippen LogP contribution in [0.15, 0.2) is 0 Å². The van der Waals surface area contributed by atoms with E-state index < -0.39 is 134 Å². The number of carbonyl (C=O) groups is 11. The number of carboxylic acid groups (broad SMARTS) is 2. The normalized spacial score (nSPS) is 16.4. The molecule has 6 unspecified atom stereocenters. The molecule has 302 valence electrons. The van der Waals surface area contributed by atoms with Crippen molar-refractivity contribution in [2.75, 3.05) is 13.1 Å². The molecule has 0 aromatic heterocycles. The second-order valence-corrected chi connectivity index (χ2v) is 13.1. The summed E-state index contributed by atoms with van der Waals surface area (Å²) in [6, 6.07) is -8.65. The Morgan fingerprint density at radius 1 is 0.667 bits per heavy atom. The third-order valence-corrected chi connectivity index (χ3v) is 7.97. The first kappa shape index (κ1) is 46.2. The lowest BCUT2D eigenvalue weighted by Gasteiger charge is -2.31. The van der Waals surface area contributed by atoms with Crippen molar-refractivity contribution in [3.8, 4) is 0 Å². The monoisotopic (exact) mass is 770 g/mol. The van der Waals surface area contributed by atoms with Gasteiger partial charge in [0.1, 0.15) is 36.8 Å². The second kappa shape index (κ2) is 22.3. The van der Waals surface area contributed by atoms with Crippen LogP contribution in [0.1, 0.15) is 71.6 Å². The van der Waals surface area contributed by atoms with Crippen LogP contribution in [0.5, 0.6) is 0 Å². The Labute approximate surface area is 309 Å². The number of likely N-dealkylation sites (tertiary alicyclic amines) is 1. The Kier molecular flexibility index (Phi) is 19.0. The van der Waals surface area contributed by atoms with Crippen molar-refractivity contribution in [1.82, 2.24) is 31.5 Å². The van der Waals surface area contributed by atoms with E-state index in [-0.39, 0.29) is 38.1 Å². The quantitative estimate of drug-likeness (QED) is 0.0436. The summed E-state index contributed by atoms with van der Waals surface area (Å²) in [6.07, 6.45) is -2.54. The molecule has 0 aromatic carbocycles. The van der Waals surface area contributed by atoms with E-state index in [1.54, 1.807) is 13.8 Å². The average molecular weight is 771 g/mol. The van der Waals surface area contributed by atoms with Gasteiger partial charge in [-0.2, -0.15) is 0 Å². The molecule has 1 aliphatic heterocycles. The summed E-state index contributed by atoms with van der Waals surface area (Å²) in [5.41, 5.74) is 21.4. The Bertz CT molecular complexity index is 1460. The van der Waals surface area contributed by atoms with E-state index >= 15 is 0 Å². The third kappa shape index (κ3) is 16.6. The van der Waals surface area contributed by atoms with E-state index in [2.05, 4.69) is 21.3 Å². The number of amides is 9. The fourth-order valence-electron chi connectivity index (χ4n) is 5.36. The number of primary amides is 3. The summed E-state index contributed by atoms with van der Waals surface area (Å²) >= 11 is 0. The molecule has 0 aliphatic carbocycles. The highest BCUT2D eigenvalue weighted by Crippen LogP contribution is 2.21. The van der Waals surface area contributed by atoms with Crippen LogP contribution in [0.3, 0.4) is 0 Å². The number of nitrogens with one attached hydrogen (secondary N) is 5. The van der Waals surface area contributed by atoms with Crippen LogP contribution in [-0.4, -0.2) is 130 Å². The lowest BCUT2D eigenvalue weighted by atomic mass is 10.0. The molecule has 6 atom stereocenters. The SMILES string of the molecule is CC(C)CC(NC(=O)C(CC(N)=O)NC(=O)C(N)CCC(=O)O)C(=O)N1CCCC1C(=O)NC(CCC(N)=O)C(=O)NC(CC(N)=O)C(=O)NCC(=O)O. The van der Waals surface area contributed by atoms with Crippen LogP contribution in [0.25, 0.3) is 0 Å². The Balaban J connectivity index is 3.26. The molecule has 15 N–H and O–H groups in total. The molecular formula is C31H50N10O13. The third-order valence-electron chi connectivity index (χ3n) is 7.97. The zero-order valence-electron chi connectivity index (χ0n) is 30.0. The van der Waals surface area contributed by atoms with Gasteiger partial charge in [-0.3, -0.25) is 52.7 Å². The molecule has 23 heteroatoms. The van der Waals surface area contributed by atoms with Crippen LogP contribution in [0.2, 0.25) is 0 Å². The van der Waals surface area contributed by atoms with Crippen molar-refractivity contribution in [3.63, 3.8) is 0 Å². The molecule has 9 amide bonds. The van der Waals surface area contributed by atoms with Gasteiger partial charge in [-0.25, -0.2) is 0 Å². The van der Waals surface area contributed by atoms with Crippen LogP contribution in [0, 0.1) is 5.92 Å². The summed E-state index contributed by atoms with van der Waals surface area (Å²) in [7, 11) is 0. The molecule has 0 saturated carbocycles. The number of hydrogen-bond donors (Lipinski definition) is 11. The van der Waals surface area contributed by atoms with Crippen molar-refractivity contribution in [2.45, 2.75) is 108 Å². The van der Waals surface area contributed by atoms with Crippen LogP contribution >= 0.6 is 0 Å². The summed E-state index contributed by atoms with van der Waals surface area (Å²) in [6.45, 7) is 2.66. The molecule has 1 heterocycles. The lowest BCUT2D eigenvalue weighted by Crippen LogP contribution is -2.60. The van der Waals surface area contributed by atoms with Gasteiger partial charge >= 0.3 is 11.9 Å². The fourth-order valence-corrected chi connectivity index (χ4v) is 5.36. The molecule has 0 bridgehead atoms. The van der Waals surface area contributed by atoms with Gasteiger partial charge in [0.2, 0.25) is 53.2 Å². The van der Waals surface area contributed by atoms with Crippen molar-refractivity contribution in [3.05, 3.63) is 0 Å². The molecule has 0 spiro atoms. The maximum atomic E-state index is 13.9. The number of nitrogens with two attached hydrogens (primary N) is 4. The molecule has 23 nitrogen and oxygen atoms in total. The minimum atomic E-state index is -1.66. The smallest absolute Gasteiger partial charge is 0.322 e. The number of aliphatic carboxylic acids is 2. The van der Waals surface area contributed by atoms with E-state index in [9.17, 15) is 52.7 Å². The van der Waals surface area contributed by atoms with Gasteiger partial charge in [0.05, 0.1) is 18.9 Å². The molecule has 0 radical (unpaired) electrons. The predicted molar refractivity (Wildman–Crippen MR) is 183 cm³/mol. The average Bonchev–Trinajstić information content (AvgIpc) is 3.56. The van der Waals surface area contributed by atoms with Crippen molar-refractivity contribution in [2.24, 2.45) is 28.9 Å². The number of nitrogens with zero attached hydrogens (tertiary/aromatic N) is 1. The Morgan fingerprint density at radius 3 is 1.72 bits per heavy atom. The van der Waals surface area contributed by atoms with E-state index in [1.165, 1.54) is 0 Å². The number of carbonyl (C=O) groups excluding carboxylic acids is 9. The van der Waals surface area contributed by atoms with Crippen LogP contribution in [-0.2, 0) is 52.7 Å². The highest BCUT2D eigenvalue weighted by atomic mass is 16.4. The molecule has 1 rings (SSSR count). The zero-order valence-corrected chi connectivity index (χ0v) is 30.0. The fraction of sp³-hybridized carbons (Fsp3) is 0.645.